The zero-order valence-corrected chi connectivity index (χ0v) is 10.3. The molecule has 1 atom stereocenters. The molecule has 0 N–H and O–H groups in total. The highest BCUT2D eigenvalue weighted by Gasteiger charge is 2.09. The number of hydrogen-bond acceptors (Lipinski definition) is 1. The highest BCUT2D eigenvalue weighted by Crippen LogP contribution is 2.23. The van der Waals surface area contributed by atoms with Crippen LogP contribution in [0.25, 0.3) is 6.08 Å². The van der Waals surface area contributed by atoms with E-state index < -0.39 is 0 Å². The molecule has 0 saturated carbocycles. The maximum Gasteiger partial charge on any atom is 0.127 e. The molecular formula is C16H20O. The van der Waals surface area contributed by atoms with Crippen molar-refractivity contribution in [2.45, 2.75) is 38.2 Å². The molecule has 1 aromatic rings. The first-order valence-corrected chi connectivity index (χ1v) is 6.45. The van der Waals surface area contributed by atoms with Gasteiger partial charge in [-0.3, -0.25) is 0 Å². The van der Waals surface area contributed by atoms with E-state index >= 15 is 0 Å². The molecule has 0 spiro atoms. The van der Waals surface area contributed by atoms with Gasteiger partial charge in [0.15, 0.2) is 0 Å². The zero-order chi connectivity index (χ0) is 11.9. The maximum atomic E-state index is 6.05. The van der Waals surface area contributed by atoms with Crippen molar-refractivity contribution >= 4 is 6.08 Å². The van der Waals surface area contributed by atoms with Crippen molar-refractivity contribution in [2.24, 2.45) is 0 Å². The molecule has 0 aromatic heterocycles. The average Bonchev–Trinajstić information content (AvgIpc) is 2.33. The van der Waals surface area contributed by atoms with Gasteiger partial charge in [0.2, 0.25) is 0 Å². The second kappa shape index (κ2) is 6.29. The van der Waals surface area contributed by atoms with Crippen LogP contribution in [-0.2, 0) is 0 Å². The van der Waals surface area contributed by atoms with Gasteiger partial charge in [-0.1, -0.05) is 43.4 Å². The normalized spacial score (nSPS) is 22.2. The van der Waals surface area contributed by atoms with Crippen LogP contribution in [0.2, 0.25) is 0 Å². The van der Waals surface area contributed by atoms with Crippen LogP contribution in [0.5, 0.6) is 5.75 Å². The van der Waals surface area contributed by atoms with E-state index in [1.807, 2.05) is 30.3 Å². The van der Waals surface area contributed by atoms with Gasteiger partial charge in [0.05, 0.1) is 0 Å². The van der Waals surface area contributed by atoms with Gasteiger partial charge < -0.3 is 4.74 Å². The third kappa shape index (κ3) is 3.48. The van der Waals surface area contributed by atoms with Crippen LogP contribution in [0.4, 0.5) is 0 Å². The molecule has 1 unspecified atom stereocenters. The second-order valence-electron chi connectivity index (χ2n) is 4.46. The standard InChI is InChI=1S/C16H20O/c1-2-14-10-8-9-13-16(14)17-15-11-6-4-3-5-7-12-15/h2,6,8-11,13,15H,1,3-5,7,12H2/b11-6-. The minimum atomic E-state index is 0.219. The van der Waals surface area contributed by atoms with Crippen LogP contribution in [-0.4, -0.2) is 6.10 Å². The fourth-order valence-electron chi connectivity index (χ4n) is 2.15. The van der Waals surface area contributed by atoms with Gasteiger partial charge in [-0.05, 0) is 37.8 Å². The first-order valence-electron chi connectivity index (χ1n) is 6.45. The summed E-state index contributed by atoms with van der Waals surface area (Å²) in [4.78, 5) is 0. The lowest BCUT2D eigenvalue weighted by molar-refractivity contribution is 0.231. The van der Waals surface area contributed by atoms with E-state index in [2.05, 4.69) is 18.7 Å². The van der Waals surface area contributed by atoms with Gasteiger partial charge in [0.1, 0.15) is 11.9 Å². The lowest BCUT2D eigenvalue weighted by Gasteiger charge is -2.18. The molecule has 0 aliphatic heterocycles. The Bertz CT molecular complexity index is 392. The minimum absolute atomic E-state index is 0.219. The van der Waals surface area contributed by atoms with E-state index in [1.165, 1.54) is 25.7 Å². The minimum Gasteiger partial charge on any atom is -0.486 e. The Kier molecular flexibility index (Phi) is 4.43. The number of allylic oxidation sites excluding steroid dienone is 1. The Morgan fingerprint density at radius 1 is 1.18 bits per heavy atom. The average molecular weight is 228 g/mol. The summed E-state index contributed by atoms with van der Waals surface area (Å²) >= 11 is 0. The molecule has 0 heterocycles. The summed E-state index contributed by atoms with van der Waals surface area (Å²) in [6.45, 7) is 3.82. The van der Waals surface area contributed by atoms with E-state index in [1.54, 1.807) is 0 Å². The van der Waals surface area contributed by atoms with Crippen LogP contribution in [0.1, 0.15) is 37.7 Å². The van der Waals surface area contributed by atoms with Crippen LogP contribution in [0.15, 0.2) is 43.0 Å². The summed E-state index contributed by atoms with van der Waals surface area (Å²) < 4.78 is 6.05. The van der Waals surface area contributed by atoms with Crippen LogP contribution >= 0.6 is 0 Å². The third-order valence-corrected chi connectivity index (χ3v) is 3.13. The van der Waals surface area contributed by atoms with Crippen molar-refractivity contribution in [1.29, 1.82) is 0 Å². The van der Waals surface area contributed by atoms with Crippen molar-refractivity contribution in [3.8, 4) is 5.75 Å². The Hall–Kier alpha value is -1.50. The quantitative estimate of drug-likeness (QED) is 0.687. The number of ether oxygens (including phenoxy) is 1. The third-order valence-electron chi connectivity index (χ3n) is 3.13. The second-order valence-corrected chi connectivity index (χ2v) is 4.46. The lowest BCUT2D eigenvalue weighted by Crippen LogP contribution is -2.14. The fraction of sp³-hybridized carbons (Fsp3) is 0.375. The number of rotatable bonds is 3. The van der Waals surface area contributed by atoms with Crippen molar-refractivity contribution in [3.05, 3.63) is 48.6 Å². The number of benzene rings is 1. The Balaban J connectivity index is 2.07. The van der Waals surface area contributed by atoms with Crippen molar-refractivity contribution in [1.82, 2.24) is 0 Å². The Morgan fingerprint density at radius 2 is 2.06 bits per heavy atom. The van der Waals surface area contributed by atoms with Crippen LogP contribution in [0.3, 0.4) is 0 Å². The molecule has 2 rings (SSSR count). The SMILES string of the molecule is C=Cc1ccccc1OC1/C=C\CCCCC1. The predicted octanol–water partition coefficient (Wildman–Crippen LogP) is 4.60. The highest BCUT2D eigenvalue weighted by molar-refractivity contribution is 5.55. The van der Waals surface area contributed by atoms with E-state index in [9.17, 15) is 0 Å². The molecule has 17 heavy (non-hydrogen) atoms. The van der Waals surface area contributed by atoms with Crippen molar-refractivity contribution in [2.75, 3.05) is 0 Å². The van der Waals surface area contributed by atoms with E-state index in [-0.39, 0.29) is 6.10 Å². The zero-order valence-electron chi connectivity index (χ0n) is 10.3. The molecule has 0 fully saturated rings. The first kappa shape index (κ1) is 12.0. The predicted molar refractivity (Wildman–Crippen MR) is 73.2 cm³/mol. The number of para-hydroxylation sites is 1. The van der Waals surface area contributed by atoms with E-state index in [4.69, 9.17) is 4.74 Å². The largest absolute Gasteiger partial charge is 0.486 e. The molecule has 90 valence electrons. The smallest absolute Gasteiger partial charge is 0.127 e. The monoisotopic (exact) mass is 228 g/mol. The van der Waals surface area contributed by atoms with Gasteiger partial charge in [-0.25, -0.2) is 0 Å². The fourth-order valence-corrected chi connectivity index (χ4v) is 2.15. The maximum absolute atomic E-state index is 6.05. The van der Waals surface area contributed by atoms with Crippen molar-refractivity contribution in [3.63, 3.8) is 0 Å². The topological polar surface area (TPSA) is 9.23 Å². The van der Waals surface area contributed by atoms with Crippen molar-refractivity contribution < 1.29 is 4.74 Å². The molecule has 1 aliphatic rings. The molecule has 1 heteroatoms. The highest BCUT2D eigenvalue weighted by atomic mass is 16.5. The lowest BCUT2D eigenvalue weighted by atomic mass is 10.0. The number of hydrogen-bond donors (Lipinski definition) is 0. The van der Waals surface area contributed by atoms with E-state index in [0.717, 1.165) is 17.7 Å². The van der Waals surface area contributed by atoms with Gasteiger partial charge in [0, 0.05) is 5.56 Å². The van der Waals surface area contributed by atoms with Crippen LogP contribution < -0.4 is 4.74 Å². The molecular weight excluding hydrogens is 208 g/mol. The van der Waals surface area contributed by atoms with E-state index in [0.29, 0.717) is 0 Å². The summed E-state index contributed by atoms with van der Waals surface area (Å²) in [5, 5.41) is 0. The molecule has 0 radical (unpaired) electrons. The van der Waals surface area contributed by atoms with Crippen LogP contribution in [0, 0.1) is 0 Å². The summed E-state index contributed by atoms with van der Waals surface area (Å²) in [5.41, 5.74) is 1.07. The summed E-state index contributed by atoms with van der Waals surface area (Å²) in [5.74, 6) is 0.942. The Morgan fingerprint density at radius 3 is 2.94 bits per heavy atom. The van der Waals surface area contributed by atoms with Gasteiger partial charge >= 0.3 is 0 Å². The summed E-state index contributed by atoms with van der Waals surface area (Å²) in [7, 11) is 0. The molecule has 0 bridgehead atoms. The Labute approximate surface area is 104 Å². The summed E-state index contributed by atoms with van der Waals surface area (Å²) in [6.07, 6.45) is 12.7. The van der Waals surface area contributed by atoms with Gasteiger partial charge in [-0.2, -0.15) is 0 Å². The van der Waals surface area contributed by atoms with Gasteiger partial charge in [0.25, 0.3) is 0 Å². The van der Waals surface area contributed by atoms with Gasteiger partial charge in [-0.15, -0.1) is 0 Å². The molecule has 0 amide bonds. The molecule has 1 aliphatic carbocycles. The molecule has 1 nitrogen and oxygen atoms in total. The summed E-state index contributed by atoms with van der Waals surface area (Å²) in [6, 6.07) is 8.07. The molecule has 1 aromatic carbocycles. The first-order chi connectivity index (χ1) is 8.40. The molecule has 0 saturated heterocycles.